The lowest BCUT2D eigenvalue weighted by molar-refractivity contribution is 0.662. The third kappa shape index (κ3) is 4.55. The molecular weight excluding hydrogens is 619 g/mol. The van der Waals surface area contributed by atoms with E-state index in [1.54, 1.807) is 0 Å². The van der Waals surface area contributed by atoms with Gasteiger partial charge in [-0.2, -0.15) is 0 Å². The Morgan fingerprint density at radius 1 is 0.451 bits per heavy atom. The number of pyridine rings is 1. The highest BCUT2D eigenvalue weighted by atomic mass is 14.9. The molecule has 0 fully saturated rings. The van der Waals surface area contributed by atoms with Gasteiger partial charge in [-0.05, 0) is 73.1 Å². The van der Waals surface area contributed by atoms with Crippen molar-refractivity contribution in [2.24, 2.45) is 0 Å². The van der Waals surface area contributed by atoms with Crippen LogP contribution in [0, 0.1) is 0 Å². The molecular formula is C48H33N3. The van der Waals surface area contributed by atoms with Crippen LogP contribution in [-0.2, 0) is 5.41 Å². The predicted molar refractivity (Wildman–Crippen MR) is 212 cm³/mol. The van der Waals surface area contributed by atoms with Gasteiger partial charge in [0.05, 0.1) is 16.9 Å². The Kier molecular flexibility index (Phi) is 6.53. The lowest BCUT2D eigenvalue weighted by Gasteiger charge is -2.25. The maximum atomic E-state index is 5.29. The fourth-order valence-electron chi connectivity index (χ4n) is 8.38. The first-order chi connectivity index (χ1) is 25.1. The van der Waals surface area contributed by atoms with Crippen molar-refractivity contribution in [3.05, 3.63) is 175 Å². The van der Waals surface area contributed by atoms with Crippen molar-refractivity contribution in [2.45, 2.75) is 19.3 Å². The van der Waals surface area contributed by atoms with Crippen molar-refractivity contribution >= 4 is 32.4 Å². The zero-order valence-electron chi connectivity index (χ0n) is 28.4. The van der Waals surface area contributed by atoms with Gasteiger partial charge in [0.2, 0.25) is 0 Å². The quantitative estimate of drug-likeness (QED) is 0.190. The molecule has 7 aromatic carbocycles. The first-order valence-electron chi connectivity index (χ1n) is 17.5. The third-order valence-electron chi connectivity index (χ3n) is 10.7. The van der Waals surface area contributed by atoms with E-state index in [0.29, 0.717) is 5.82 Å². The van der Waals surface area contributed by atoms with Crippen molar-refractivity contribution in [1.82, 2.24) is 15.0 Å². The van der Waals surface area contributed by atoms with E-state index < -0.39 is 0 Å². The summed E-state index contributed by atoms with van der Waals surface area (Å²) >= 11 is 0. The van der Waals surface area contributed by atoms with Crippen LogP contribution >= 0.6 is 0 Å². The molecule has 240 valence electrons. The van der Waals surface area contributed by atoms with Crippen molar-refractivity contribution < 1.29 is 0 Å². The minimum atomic E-state index is -0.167. The summed E-state index contributed by atoms with van der Waals surface area (Å²) in [5, 5.41) is 5.98. The minimum Gasteiger partial charge on any atom is -0.256 e. The highest BCUT2D eigenvalue weighted by Crippen LogP contribution is 2.55. The molecule has 0 amide bonds. The zero-order chi connectivity index (χ0) is 34.1. The molecule has 0 spiro atoms. The molecule has 1 aliphatic carbocycles. The Morgan fingerprint density at radius 3 is 1.96 bits per heavy atom. The lowest BCUT2D eigenvalue weighted by atomic mass is 9.78. The van der Waals surface area contributed by atoms with Crippen LogP contribution in [0.25, 0.3) is 88.6 Å². The van der Waals surface area contributed by atoms with Crippen LogP contribution < -0.4 is 0 Å². The van der Waals surface area contributed by atoms with Crippen LogP contribution in [0.3, 0.4) is 0 Å². The van der Waals surface area contributed by atoms with Crippen LogP contribution in [-0.4, -0.2) is 15.0 Å². The summed E-state index contributed by atoms with van der Waals surface area (Å²) < 4.78 is 0. The molecule has 0 atom stereocenters. The Balaban J connectivity index is 1.20. The molecule has 51 heavy (non-hydrogen) atoms. The standard InChI is InChI=1S/C48H33N3/c1-48(2)41-27-24-30-13-6-7-18-33(30)44(41)40-23-11-21-37(45(40)48)36-25-26-38(35-20-9-8-19-34(35)36)47-50-42(31-14-4-3-5-15-31)29-43(51-47)39-22-10-16-32-17-12-28-49-46(32)39/h3-29H,1-2H3. The first kappa shape index (κ1) is 29.5. The average molecular weight is 652 g/mol. The number of benzene rings is 7. The predicted octanol–water partition coefficient (Wildman–Crippen LogP) is 12.3. The SMILES string of the molecule is CC1(C)c2ccc3ccccc3c2-c2cccc(-c3ccc(-c4nc(-c5ccccc5)cc(-c5cccc6cccnc56)n4)c4ccccc34)c21. The van der Waals surface area contributed by atoms with Crippen molar-refractivity contribution in [1.29, 1.82) is 0 Å². The number of hydrogen-bond donors (Lipinski definition) is 0. The van der Waals surface area contributed by atoms with Gasteiger partial charge < -0.3 is 0 Å². The van der Waals surface area contributed by atoms with Crippen LogP contribution in [0.15, 0.2) is 164 Å². The molecule has 0 radical (unpaired) electrons. The van der Waals surface area contributed by atoms with Gasteiger partial charge in [-0.1, -0.05) is 153 Å². The second-order valence-electron chi connectivity index (χ2n) is 14.0. The number of hydrogen-bond acceptors (Lipinski definition) is 3. The number of aromatic nitrogens is 3. The maximum Gasteiger partial charge on any atom is 0.161 e. The Morgan fingerprint density at radius 2 is 1.10 bits per heavy atom. The van der Waals surface area contributed by atoms with Crippen LogP contribution in [0.4, 0.5) is 0 Å². The monoisotopic (exact) mass is 651 g/mol. The van der Waals surface area contributed by atoms with E-state index in [1.165, 1.54) is 49.5 Å². The van der Waals surface area contributed by atoms with Crippen molar-refractivity contribution in [3.63, 3.8) is 0 Å². The summed E-state index contributed by atoms with van der Waals surface area (Å²) in [6.07, 6.45) is 1.85. The largest absolute Gasteiger partial charge is 0.256 e. The third-order valence-corrected chi connectivity index (χ3v) is 10.7. The van der Waals surface area contributed by atoms with Gasteiger partial charge in [0.15, 0.2) is 5.82 Å². The number of nitrogens with zero attached hydrogens (tertiary/aromatic N) is 3. The van der Waals surface area contributed by atoms with Gasteiger partial charge in [-0.25, -0.2) is 9.97 Å². The molecule has 1 aliphatic rings. The minimum absolute atomic E-state index is 0.167. The molecule has 3 nitrogen and oxygen atoms in total. The first-order valence-corrected chi connectivity index (χ1v) is 17.5. The van der Waals surface area contributed by atoms with E-state index in [2.05, 4.69) is 159 Å². The van der Waals surface area contributed by atoms with Crippen LogP contribution in [0.5, 0.6) is 0 Å². The Hall–Kier alpha value is -6.45. The highest BCUT2D eigenvalue weighted by Gasteiger charge is 2.38. The molecule has 3 heteroatoms. The number of fused-ring (bicyclic) bond motifs is 7. The van der Waals surface area contributed by atoms with Gasteiger partial charge in [0.1, 0.15) is 0 Å². The zero-order valence-corrected chi connectivity index (χ0v) is 28.4. The van der Waals surface area contributed by atoms with Gasteiger partial charge in [-0.3, -0.25) is 4.98 Å². The average Bonchev–Trinajstić information content (AvgIpc) is 3.43. The van der Waals surface area contributed by atoms with E-state index in [9.17, 15) is 0 Å². The maximum absolute atomic E-state index is 5.29. The summed E-state index contributed by atoms with van der Waals surface area (Å²) in [6, 6.07) is 56.2. The molecule has 9 aromatic rings. The molecule has 0 aliphatic heterocycles. The normalized spacial score (nSPS) is 13.1. The summed E-state index contributed by atoms with van der Waals surface area (Å²) in [5.41, 5.74) is 13.5. The lowest BCUT2D eigenvalue weighted by Crippen LogP contribution is -2.16. The number of rotatable bonds is 4. The second-order valence-corrected chi connectivity index (χ2v) is 14.0. The molecule has 0 unspecified atom stereocenters. The smallest absolute Gasteiger partial charge is 0.161 e. The molecule has 2 aromatic heterocycles. The fourth-order valence-corrected chi connectivity index (χ4v) is 8.38. The summed E-state index contributed by atoms with van der Waals surface area (Å²) in [6.45, 7) is 4.75. The molecule has 0 N–H and O–H groups in total. The number of para-hydroxylation sites is 1. The summed E-state index contributed by atoms with van der Waals surface area (Å²) in [4.78, 5) is 15.3. The van der Waals surface area contributed by atoms with Crippen LogP contribution in [0.1, 0.15) is 25.0 Å². The Bertz CT molecular complexity index is 2830. The van der Waals surface area contributed by atoms with E-state index in [4.69, 9.17) is 15.0 Å². The van der Waals surface area contributed by atoms with E-state index in [1.807, 2.05) is 18.3 Å². The van der Waals surface area contributed by atoms with Crippen molar-refractivity contribution in [2.75, 3.05) is 0 Å². The van der Waals surface area contributed by atoms with E-state index in [-0.39, 0.29) is 5.41 Å². The van der Waals surface area contributed by atoms with Gasteiger partial charge in [0.25, 0.3) is 0 Å². The van der Waals surface area contributed by atoms with Gasteiger partial charge >= 0.3 is 0 Å². The highest BCUT2D eigenvalue weighted by molar-refractivity contribution is 6.08. The molecule has 0 bridgehead atoms. The summed E-state index contributed by atoms with van der Waals surface area (Å²) in [5.74, 6) is 0.694. The van der Waals surface area contributed by atoms with Crippen LogP contribution in [0.2, 0.25) is 0 Å². The van der Waals surface area contributed by atoms with E-state index in [0.717, 1.165) is 44.4 Å². The molecule has 2 heterocycles. The molecule has 0 saturated carbocycles. The summed E-state index contributed by atoms with van der Waals surface area (Å²) in [7, 11) is 0. The topological polar surface area (TPSA) is 38.7 Å². The van der Waals surface area contributed by atoms with E-state index >= 15 is 0 Å². The molecule has 0 saturated heterocycles. The second kappa shape index (κ2) is 11.3. The molecule has 10 rings (SSSR count). The van der Waals surface area contributed by atoms with Crippen molar-refractivity contribution in [3.8, 4) is 56.2 Å². The fraction of sp³-hybridized carbons (Fsp3) is 0.0625. The van der Waals surface area contributed by atoms with Gasteiger partial charge in [0, 0.05) is 33.7 Å². The van der Waals surface area contributed by atoms with Gasteiger partial charge in [-0.15, -0.1) is 0 Å². The Labute approximate surface area is 297 Å².